The van der Waals surface area contributed by atoms with Gasteiger partial charge in [-0.1, -0.05) is 182 Å². The van der Waals surface area contributed by atoms with Crippen LogP contribution in [0.15, 0.2) is 182 Å². The number of aliphatic hydroxyl groups excluding tert-OH is 1. The third kappa shape index (κ3) is 18.2. The van der Waals surface area contributed by atoms with E-state index >= 15 is 0 Å². The van der Waals surface area contributed by atoms with E-state index in [0.717, 1.165) is 33.4 Å². The van der Waals surface area contributed by atoms with E-state index in [1.165, 1.54) is 13.8 Å². The van der Waals surface area contributed by atoms with Crippen molar-refractivity contribution in [2.45, 2.75) is 96.4 Å². The summed E-state index contributed by atoms with van der Waals surface area (Å²) in [6, 6.07) is 59.2. The van der Waals surface area contributed by atoms with E-state index in [-0.39, 0.29) is 6.61 Å². The minimum absolute atomic E-state index is 0.241. The van der Waals surface area contributed by atoms with E-state index in [9.17, 15) is 19.5 Å². The lowest BCUT2D eigenvalue weighted by molar-refractivity contribution is -0.156. The van der Waals surface area contributed by atoms with Gasteiger partial charge in [-0.25, -0.2) is 4.79 Å². The molecule has 1 N–H and O–H groups in total. The van der Waals surface area contributed by atoms with Gasteiger partial charge in [0.1, 0.15) is 24.4 Å². The lowest BCUT2D eigenvalue weighted by Crippen LogP contribution is -2.39. The van der Waals surface area contributed by atoms with Crippen molar-refractivity contribution in [3.05, 3.63) is 215 Å². The van der Waals surface area contributed by atoms with Crippen molar-refractivity contribution in [2.24, 2.45) is 0 Å². The molecule has 0 saturated carbocycles. The van der Waals surface area contributed by atoms with Gasteiger partial charge in [0.2, 0.25) is 0 Å². The molecule has 6 aromatic carbocycles. The second-order valence-corrected chi connectivity index (χ2v) is 16.1. The lowest BCUT2D eigenvalue weighted by Gasteiger charge is -2.24. The number of carbonyl (C=O) groups is 3. The third-order valence-corrected chi connectivity index (χ3v) is 10.7. The number of cyclic esters (lactones) is 1. The zero-order valence-electron chi connectivity index (χ0n) is 38.9. The average Bonchev–Trinajstić information content (AvgIpc) is 3.84. The number of benzene rings is 6. The van der Waals surface area contributed by atoms with Crippen molar-refractivity contribution in [2.75, 3.05) is 13.2 Å². The molecule has 0 aromatic heterocycles. The topological polar surface area (TPSA) is 155 Å². The molecule has 0 spiro atoms. The van der Waals surface area contributed by atoms with Crippen molar-refractivity contribution in [3.63, 3.8) is 0 Å². The fraction of sp³-hybridized carbons (Fsp3) is 0.304. The molecular weight excluding hydrogens is 881 g/mol. The van der Waals surface area contributed by atoms with Crippen molar-refractivity contribution >= 4 is 17.9 Å². The highest BCUT2D eigenvalue weighted by Gasteiger charge is 2.47. The first-order valence-electron chi connectivity index (χ1n) is 22.8. The van der Waals surface area contributed by atoms with E-state index in [1.54, 1.807) is 0 Å². The minimum atomic E-state index is -1.07. The largest absolute Gasteiger partial charge is 0.455 e. The molecule has 69 heavy (non-hydrogen) atoms. The van der Waals surface area contributed by atoms with Crippen molar-refractivity contribution < 1.29 is 62.1 Å². The maximum absolute atomic E-state index is 12.6. The lowest BCUT2D eigenvalue weighted by atomic mass is 10.1. The first-order chi connectivity index (χ1) is 33.7. The van der Waals surface area contributed by atoms with Gasteiger partial charge in [0.15, 0.2) is 18.5 Å². The predicted molar refractivity (Wildman–Crippen MR) is 255 cm³/mol. The summed E-state index contributed by atoms with van der Waals surface area (Å²) in [6.07, 6.45) is -4.43. The Hall–Kier alpha value is -6.39. The molecule has 2 saturated heterocycles. The molecule has 0 amide bonds. The van der Waals surface area contributed by atoms with E-state index in [0.29, 0.717) is 46.2 Å². The molecule has 1 unspecified atom stereocenters. The van der Waals surface area contributed by atoms with Crippen LogP contribution in [-0.2, 0) is 96.7 Å². The van der Waals surface area contributed by atoms with Crippen LogP contribution in [0, 0.1) is 0 Å². The van der Waals surface area contributed by atoms with Gasteiger partial charge in [-0.3, -0.25) is 9.59 Å². The molecule has 13 nitrogen and oxygen atoms in total. The summed E-state index contributed by atoms with van der Waals surface area (Å²) < 4.78 is 51.3. The van der Waals surface area contributed by atoms with Crippen LogP contribution >= 0.6 is 0 Å². The Morgan fingerprint density at radius 1 is 0.435 bits per heavy atom. The Morgan fingerprint density at radius 3 is 1.12 bits per heavy atom. The van der Waals surface area contributed by atoms with Gasteiger partial charge in [0.05, 0.1) is 52.9 Å². The second kappa shape index (κ2) is 28.8. The van der Waals surface area contributed by atoms with Crippen LogP contribution < -0.4 is 0 Å². The number of hydrogen-bond donors (Lipinski definition) is 1. The number of aliphatic hydroxyl groups is 1. The van der Waals surface area contributed by atoms with Crippen LogP contribution in [0.2, 0.25) is 0 Å². The molecule has 2 aliphatic heterocycles. The molecule has 8 rings (SSSR count). The molecular formula is C56H60O13. The molecule has 2 aliphatic rings. The minimum Gasteiger partial charge on any atom is -0.455 e. The second-order valence-electron chi connectivity index (χ2n) is 16.1. The summed E-state index contributed by atoms with van der Waals surface area (Å²) >= 11 is 0. The fourth-order valence-electron chi connectivity index (χ4n) is 7.32. The summed E-state index contributed by atoms with van der Waals surface area (Å²) in [5.74, 6) is -1.54. The van der Waals surface area contributed by atoms with Gasteiger partial charge in [0.25, 0.3) is 0 Å². The standard InChI is InChI=1S/C26H28O5.C26H26O5.C4H6O3/c2*27-26-25(30-18-22-14-8-3-9-15-22)24(29-17-21-12-6-2-7-13-21)23(31-26)19-28-16-20-10-4-1-5-11-20;1-3(5)7-4(2)6/h1-15,23-27H,16-19H2;1-15,23-25H,16-19H2;1-2H3/t23-,24-,25-,26?;23-,24-,25-;/m11./s1. The number of hydrogen-bond acceptors (Lipinski definition) is 13. The number of ether oxygens (including phenoxy) is 9. The Kier molecular flexibility index (Phi) is 21.7. The highest BCUT2D eigenvalue weighted by Crippen LogP contribution is 2.29. The molecule has 6 aromatic rings. The van der Waals surface area contributed by atoms with Crippen LogP contribution in [0.1, 0.15) is 47.2 Å². The van der Waals surface area contributed by atoms with E-state index in [2.05, 4.69) is 4.74 Å². The molecule has 7 atom stereocenters. The van der Waals surface area contributed by atoms with Gasteiger partial charge in [0, 0.05) is 13.8 Å². The van der Waals surface area contributed by atoms with E-state index < -0.39 is 60.8 Å². The van der Waals surface area contributed by atoms with Crippen LogP contribution in [-0.4, -0.2) is 79.1 Å². The quantitative estimate of drug-likeness (QED) is 0.0576. The first kappa shape index (κ1) is 52.0. The molecule has 0 radical (unpaired) electrons. The van der Waals surface area contributed by atoms with Crippen LogP contribution in [0.4, 0.5) is 0 Å². The van der Waals surface area contributed by atoms with Gasteiger partial charge < -0.3 is 47.7 Å². The molecule has 362 valence electrons. The maximum atomic E-state index is 12.6. The zero-order chi connectivity index (χ0) is 48.5. The molecule has 13 heteroatoms. The molecule has 2 heterocycles. The van der Waals surface area contributed by atoms with Crippen molar-refractivity contribution in [1.82, 2.24) is 0 Å². The number of esters is 3. The highest BCUT2D eigenvalue weighted by molar-refractivity contribution is 5.82. The summed E-state index contributed by atoms with van der Waals surface area (Å²) in [6.45, 7) is 5.26. The monoisotopic (exact) mass is 940 g/mol. The average molecular weight is 941 g/mol. The summed E-state index contributed by atoms with van der Waals surface area (Å²) in [5.41, 5.74) is 6.23. The van der Waals surface area contributed by atoms with E-state index in [1.807, 2.05) is 182 Å². The van der Waals surface area contributed by atoms with Gasteiger partial charge in [-0.05, 0) is 33.4 Å². The Bertz CT molecular complexity index is 2350. The summed E-state index contributed by atoms with van der Waals surface area (Å²) in [7, 11) is 0. The zero-order valence-corrected chi connectivity index (χ0v) is 38.9. The first-order valence-corrected chi connectivity index (χ1v) is 22.8. The van der Waals surface area contributed by atoms with Crippen molar-refractivity contribution in [1.29, 1.82) is 0 Å². The molecule has 2 fully saturated rings. The smallest absolute Gasteiger partial charge is 0.338 e. The number of carbonyl (C=O) groups excluding carboxylic acids is 3. The molecule has 0 aliphatic carbocycles. The van der Waals surface area contributed by atoms with Crippen molar-refractivity contribution in [3.8, 4) is 0 Å². The Labute approximate surface area is 403 Å². The Morgan fingerprint density at radius 2 is 0.754 bits per heavy atom. The predicted octanol–water partition coefficient (Wildman–Crippen LogP) is 8.49. The van der Waals surface area contributed by atoms with Crippen LogP contribution in [0.3, 0.4) is 0 Å². The van der Waals surface area contributed by atoms with Gasteiger partial charge in [-0.15, -0.1) is 0 Å². The normalized spacial score (nSPS) is 20.4. The third-order valence-electron chi connectivity index (χ3n) is 10.7. The van der Waals surface area contributed by atoms with Gasteiger partial charge in [-0.2, -0.15) is 0 Å². The van der Waals surface area contributed by atoms with Crippen LogP contribution in [0.25, 0.3) is 0 Å². The summed E-state index contributed by atoms with van der Waals surface area (Å²) in [5, 5.41) is 10.5. The summed E-state index contributed by atoms with van der Waals surface area (Å²) in [4.78, 5) is 32.2. The fourth-order valence-corrected chi connectivity index (χ4v) is 7.32. The van der Waals surface area contributed by atoms with Crippen LogP contribution in [0.5, 0.6) is 0 Å². The number of rotatable bonds is 20. The van der Waals surface area contributed by atoms with Gasteiger partial charge >= 0.3 is 17.9 Å². The highest BCUT2D eigenvalue weighted by atomic mass is 16.7. The maximum Gasteiger partial charge on any atom is 0.338 e. The van der Waals surface area contributed by atoms with E-state index in [4.69, 9.17) is 37.9 Å². The Balaban J connectivity index is 0.000000199. The molecule has 0 bridgehead atoms. The SMILES string of the molecule is CC(=O)OC(C)=O.O=C1O[C@H](COCc2ccccc2)[C@@H](OCc2ccccc2)[C@H]1OCc1ccccc1.OC1O[C@H](COCc2ccccc2)[C@@H](OCc2ccccc2)[C@H]1OCc1ccccc1.